The molecule has 2 amide bonds. The number of amides is 2. The van der Waals surface area contributed by atoms with Crippen LogP contribution in [0.2, 0.25) is 0 Å². The van der Waals surface area contributed by atoms with Crippen molar-refractivity contribution >= 4 is 39.4 Å². The number of alkyl halides is 3. The first-order valence-corrected chi connectivity index (χ1v) is 13.3. The van der Waals surface area contributed by atoms with Gasteiger partial charge in [0.05, 0.1) is 12.5 Å². The van der Waals surface area contributed by atoms with Gasteiger partial charge in [-0.05, 0) is 73.7 Å². The molecule has 1 heterocycles. The van der Waals surface area contributed by atoms with E-state index in [0.29, 0.717) is 5.69 Å². The van der Waals surface area contributed by atoms with E-state index >= 15 is 0 Å². The number of carbonyl (C=O) groups is 3. The summed E-state index contributed by atoms with van der Waals surface area (Å²) < 4.78 is 42.5. The van der Waals surface area contributed by atoms with Gasteiger partial charge in [-0.3, -0.25) is 14.4 Å². The molecule has 5 rings (SSSR count). The summed E-state index contributed by atoms with van der Waals surface area (Å²) in [6, 6.07) is 9.99. The molecule has 3 unspecified atom stereocenters. The first kappa shape index (κ1) is 26.5. The van der Waals surface area contributed by atoms with Gasteiger partial charge in [0.1, 0.15) is 5.75 Å². The Morgan fingerprint density at radius 2 is 1.74 bits per heavy atom. The van der Waals surface area contributed by atoms with Crippen LogP contribution in [0.15, 0.2) is 46.9 Å². The van der Waals surface area contributed by atoms with Gasteiger partial charge in [0.2, 0.25) is 5.91 Å². The molecule has 2 aromatic rings. The first-order chi connectivity index (χ1) is 18.0. The molecule has 0 aromatic heterocycles. The Morgan fingerprint density at radius 3 is 2.37 bits per heavy atom. The molecule has 202 valence electrons. The molecule has 2 saturated carbocycles. The molecule has 7 nitrogen and oxygen atoms in total. The number of halogens is 4. The summed E-state index contributed by atoms with van der Waals surface area (Å²) in [5.74, 6) is -2.02. The zero-order valence-electron chi connectivity index (χ0n) is 20.3. The molecule has 38 heavy (non-hydrogen) atoms. The SMILES string of the molecule is O=C(O)CCC(=O)N(C1CC1)C1c2cc(Br)ccc2N(C(=O)c2ccc(OC(F)(F)F)cc2)C2CCCC21. The number of carboxylic acid groups (broad SMARTS) is 1. The van der Waals surface area contributed by atoms with Crippen LogP contribution in [-0.4, -0.2) is 46.2 Å². The smallest absolute Gasteiger partial charge is 0.481 e. The number of aliphatic carboxylic acids is 1. The monoisotopic (exact) mass is 594 g/mol. The van der Waals surface area contributed by atoms with Crippen LogP contribution in [-0.2, 0) is 9.59 Å². The van der Waals surface area contributed by atoms with Gasteiger partial charge in [0.15, 0.2) is 0 Å². The summed E-state index contributed by atoms with van der Waals surface area (Å²) in [6.45, 7) is 0. The summed E-state index contributed by atoms with van der Waals surface area (Å²) in [7, 11) is 0. The van der Waals surface area contributed by atoms with Crippen molar-refractivity contribution in [2.45, 2.75) is 69.4 Å². The third kappa shape index (κ3) is 5.39. The average molecular weight is 595 g/mol. The van der Waals surface area contributed by atoms with Crippen LogP contribution in [0, 0.1) is 5.92 Å². The highest BCUT2D eigenvalue weighted by atomic mass is 79.9. The molecule has 3 atom stereocenters. The summed E-state index contributed by atoms with van der Waals surface area (Å²) >= 11 is 3.52. The Hall–Kier alpha value is -3.08. The van der Waals surface area contributed by atoms with Crippen LogP contribution in [0.5, 0.6) is 5.75 Å². The number of hydrogen-bond donors (Lipinski definition) is 1. The van der Waals surface area contributed by atoms with Gasteiger partial charge in [-0.2, -0.15) is 0 Å². The van der Waals surface area contributed by atoms with Gasteiger partial charge in [-0.15, -0.1) is 13.2 Å². The lowest BCUT2D eigenvalue weighted by molar-refractivity contribution is -0.274. The molecule has 11 heteroatoms. The predicted octanol–water partition coefficient (Wildman–Crippen LogP) is 6.07. The maximum absolute atomic E-state index is 13.8. The van der Waals surface area contributed by atoms with Crippen LogP contribution in [0.1, 0.15) is 66.9 Å². The number of fused-ring (bicyclic) bond motifs is 2. The zero-order chi connectivity index (χ0) is 27.2. The van der Waals surface area contributed by atoms with E-state index in [4.69, 9.17) is 5.11 Å². The molecule has 0 saturated heterocycles. The van der Waals surface area contributed by atoms with Crippen molar-refractivity contribution in [2.75, 3.05) is 4.90 Å². The van der Waals surface area contributed by atoms with Crippen LogP contribution in [0.3, 0.4) is 0 Å². The number of ether oxygens (including phenoxy) is 1. The fourth-order valence-electron chi connectivity index (χ4n) is 5.88. The predicted molar refractivity (Wildman–Crippen MR) is 135 cm³/mol. The lowest BCUT2D eigenvalue weighted by Crippen LogP contribution is -2.53. The number of nitrogens with zero attached hydrogens (tertiary/aromatic N) is 2. The molecule has 3 aliphatic rings. The van der Waals surface area contributed by atoms with Crippen LogP contribution in [0.25, 0.3) is 0 Å². The van der Waals surface area contributed by atoms with Gasteiger partial charge < -0.3 is 19.6 Å². The fraction of sp³-hybridized carbons (Fsp3) is 0.444. The first-order valence-electron chi connectivity index (χ1n) is 12.6. The lowest BCUT2D eigenvalue weighted by Gasteiger charge is -2.48. The fourth-order valence-corrected chi connectivity index (χ4v) is 6.26. The largest absolute Gasteiger partial charge is 0.573 e. The van der Waals surface area contributed by atoms with Gasteiger partial charge in [-0.1, -0.05) is 22.4 Å². The maximum Gasteiger partial charge on any atom is 0.573 e. The topological polar surface area (TPSA) is 87.2 Å². The second-order valence-electron chi connectivity index (χ2n) is 9.98. The molecule has 2 aromatic carbocycles. The molecule has 2 aliphatic carbocycles. The summed E-state index contributed by atoms with van der Waals surface area (Å²) in [6.07, 6.45) is -1.09. The normalized spacial score (nSPS) is 22.4. The van der Waals surface area contributed by atoms with Gasteiger partial charge in [0, 0.05) is 40.1 Å². The molecule has 1 aliphatic heterocycles. The Bertz CT molecular complexity index is 1250. The second-order valence-corrected chi connectivity index (χ2v) is 10.9. The van der Waals surface area contributed by atoms with E-state index in [2.05, 4.69) is 20.7 Å². The highest BCUT2D eigenvalue weighted by Crippen LogP contribution is 2.53. The van der Waals surface area contributed by atoms with Gasteiger partial charge in [0.25, 0.3) is 5.91 Å². The van der Waals surface area contributed by atoms with E-state index in [1.165, 1.54) is 12.1 Å². The van der Waals surface area contributed by atoms with Crippen molar-refractivity contribution in [1.82, 2.24) is 4.90 Å². The van der Waals surface area contributed by atoms with E-state index in [0.717, 1.165) is 54.3 Å². The third-order valence-corrected chi connectivity index (χ3v) is 7.96. The lowest BCUT2D eigenvalue weighted by atomic mass is 9.81. The highest BCUT2D eigenvalue weighted by molar-refractivity contribution is 9.10. The Kier molecular flexibility index (Phi) is 7.15. The molecule has 1 N–H and O–H groups in total. The summed E-state index contributed by atoms with van der Waals surface area (Å²) in [5.41, 5.74) is 1.69. The number of carboxylic acids is 1. The standard InChI is InChI=1S/C27H26BrF3N2O5/c28-16-6-11-22-20(14-16)25(32(17-7-8-17)23(34)12-13-24(35)36)19-2-1-3-21(19)33(22)26(37)15-4-9-18(10-5-15)38-27(29,30)31/h4-6,9-11,14,17,19,21,25H,1-3,7-8,12-13H2,(H,35,36). The minimum atomic E-state index is -4.83. The van der Waals surface area contributed by atoms with Crippen molar-refractivity contribution < 1.29 is 37.4 Å². The van der Waals surface area contributed by atoms with Gasteiger partial charge in [-0.25, -0.2) is 0 Å². The second kappa shape index (κ2) is 10.2. The van der Waals surface area contributed by atoms with Crippen molar-refractivity contribution in [2.24, 2.45) is 5.92 Å². The molecule has 2 fully saturated rings. The van der Waals surface area contributed by atoms with E-state index in [-0.39, 0.29) is 54.3 Å². The quantitative estimate of drug-likeness (QED) is 0.420. The maximum atomic E-state index is 13.8. The van der Waals surface area contributed by atoms with Crippen LogP contribution < -0.4 is 9.64 Å². The summed E-state index contributed by atoms with van der Waals surface area (Å²) in [4.78, 5) is 41.9. The molecule has 0 spiro atoms. The Morgan fingerprint density at radius 1 is 1.03 bits per heavy atom. The molecule has 0 bridgehead atoms. The third-order valence-electron chi connectivity index (χ3n) is 7.47. The number of hydrogen-bond acceptors (Lipinski definition) is 4. The number of rotatable bonds is 7. The van der Waals surface area contributed by atoms with E-state index in [1.54, 1.807) is 4.90 Å². The number of anilines is 1. The van der Waals surface area contributed by atoms with Crippen molar-refractivity contribution in [3.63, 3.8) is 0 Å². The van der Waals surface area contributed by atoms with E-state index < -0.39 is 18.1 Å². The summed E-state index contributed by atoms with van der Waals surface area (Å²) in [5, 5.41) is 9.15. The Labute approximate surface area is 225 Å². The van der Waals surface area contributed by atoms with E-state index in [9.17, 15) is 27.6 Å². The minimum Gasteiger partial charge on any atom is -0.481 e. The van der Waals surface area contributed by atoms with Crippen molar-refractivity contribution in [3.05, 3.63) is 58.1 Å². The average Bonchev–Trinajstić information content (AvgIpc) is 3.57. The number of benzene rings is 2. The molecular weight excluding hydrogens is 569 g/mol. The molecule has 0 radical (unpaired) electrons. The van der Waals surface area contributed by atoms with Gasteiger partial charge >= 0.3 is 12.3 Å². The van der Waals surface area contributed by atoms with Crippen molar-refractivity contribution in [1.29, 1.82) is 0 Å². The molecular formula is C27H26BrF3N2O5. The number of carbonyl (C=O) groups excluding carboxylic acids is 2. The van der Waals surface area contributed by atoms with Crippen molar-refractivity contribution in [3.8, 4) is 5.75 Å². The van der Waals surface area contributed by atoms with Crippen LogP contribution in [0.4, 0.5) is 18.9 Å². The van der Waals surface area contributed by atoms with Crippen LogP contribution >= 0.6 is 15.9 Å². The highest BCUT2D eigenvalue weighted by Gasteiger charge is 2.51. The minimum absolute atomic E-state index is 0.0396. The zero-order valence-corrected chi connectivity index (χ0v) is 21.9. The van der Waals surface area contributed by atoms with E-state index in [1.807, 2.05) is 23.1 Å². The Balaban J connectivity index is 1.52.